The summed E-state index contributed by atoms with van der Waals surface area (Å²) < 4.78 is 1.91. The summed E-state index contributed by atoms with van der Waals surface area (Å²) in [6, 6.07) is 9.49. The van der Waals surface area contributed by atoms with E-state index >= 15 is 0 Å². The standard InChI is InChI=1S/C28H30N6O2S/c1-5-23(35)33-13-6-7-20(33)27-32-24(25-26(29)30-12-14-34(25)27)21-10-11-22(37-21)28(36)31-18-8-9-19(16(2)3)17(4)15-18/h5,8-12,14-16,20H,1,6-7,13H2,2-4H3,(H2,29,30)(H,31,36)/t20-/m0/s1. The molecule has 0 aliphatic carbocycles. The lowest BCUT2D eigenvalue weighted by Gasteiger charge is -2.22. The number of nitrogens with one attached hydrogen (secondary N) is 1. The van der Waals surface area contributed by atoms with Gasteiger partial charge in [0.2, 0.25) is 5.91 Å². The number of carbonyl (C=O) groups excluding carboxylic acids is 2. The molecule has 0 spiro atoms. The number of likely N-dealkylation sites (tertiary alicyclic amines) is 1. The Labute approximate surface area is 219 Å². The van der Waals surface area contributed by atoms with Crippen LogP contribution in [0, 0.1) is 6.92 Å². The number of nitrogens with two attached hydrogens (primary N) is 1. The van der Waals surface area contributed by atoms with Gasteiger partial charge in [-0.1, -0.05) is 26.5 Å². The van der Waals surface area contributed by atoms with Crippen molar-refractivity contribution in [3.8, 4) is 10.6 Å². The minimum absolute atomic E-state index is 0.116. The molecule has 1 aliphatic rings. The van der Waals surface area contributed by atoms with Crippen molar-refractivity contribution < 1.29 is 9.59 Å². The number of anilines is 2. The second-order valence-electron chi connectivity index (χ2n) is 9.59. The Kier molecular flexibility index (Phi) is 6.55. The third kappa shape index (κ3) is 4.51. The quantitative estimate of drug-likeness (QED) is 0.327. The molecule has 8 nitrogen and oxygen atoms in total. The summed E-state index contributed by atoms with van der Waals surface area (Å²) in [6.07, 6.45) is 6.47. The van der Waals surface area contributed by atoms with Gasteiger partial charge >= 0.3 is 0 Å². The first-order valence-electron chi connectivity index (χ1n) is 12.4. The van der Waals surface area contributed by atoms with Gasteiger partial charge in [-0.3, -0.25) is 14.0 Å². The third-order valence-corrected chi connectivity index (χ3v) is 7.92. The van der Waals surface area contributed by atoms with E-state index in [9.17, 15) is 9.59 Å². The smallest absolute Gasteiger partial charge is 0.265 e. The molecular weight excluding hydrogens is 484 g/mol. The maximum Gasteiger partial charge on any atom is 0.265 e. The molecule has 0 saturated carbocycles. The first-order valence-corrected chi connectivity index (χ1v) is 13.2. The molecular formula is C28H30N6O2S. The molecule has 4 heterocycles. The number of nitrogen functional groups attached to an aromatic ring is 1. The first kappa shape index (κ1) is 24.7. The fourth-order valence-electron chi connectivity index (χ4n) is 5.09. The van der Waals surface area contributed by atoms with Crippen molar-refractivity contribution in [2.75, 3.05) is 17.6 Å². The highest BCUT2D eigenvalue weighted by Crippen LogP contribution is 2.38. The number of imidazole rings is 1. The summed E-state index contributed by atoms with van der Waals surface area (Å²) >= 11 is 1.35. The number of benzene rings is 1. The number of aromatic nitrogens is 3. The zero-order valence-electron chi connectivity index (χ0n) is 21.2. The molecule has 5 rings (SSSR count). The number of hydrogen-bond donors (Lipinski definition) is 2. The summed E-state index contributed by atoms with van der Waals surface area (Å²) in [5, 5.41) is 3.01. The Hall–Kier alpha value is -3.98. The van der Waals surface area contributed by atoms with E-state index in [0.29, 0.717) is 34.4 Å². The van der Waals surface area contributed by atoms with Crippen LogP contribution >= 0.6 is 11.3 Å². The molecule has 3 N–H and O–H groups in total. The van der Waals surface area contributed by atoms with Crippen molar-refractivity contribution in [2.24, 2.45) is 0 Å². The second kappa shape index (κ2) is 9.82. The average Bonchev–Trinajstić information content (AvgIpc) is 3.61. The Morgan fingerprint density at radius 1 is 1.27 bits per heavy atom. The van der Waals surface area contributed by atoms with Crippen LogP contribution in [0.25, 0.3) is 16.1 Å². The minimum atomic E-state index is -0.187. The highest BCUT2D eigenvalue weighted by molar-refractivity contribution is 7.17. The van der Waals surface area contributed by atoms with E-state index in [4.69, 9.17) is 10.7 Å². The van der Waals surface area contributed by atoms with E-state index in [2.05, 4.69) is 43.7 Å². The Bertz CT molecular complexity index is 1520. The van der Waals surface area contributed by atoms with Gasteiger partial charge in [0.1, 0.15) is 22.9 Å². The molecule has 2 amide bonds. The zero-order valence-corrected chi connectivity index (χ0v) is 22.0. The lowest BCUT2D eigenvalue weighted by molar-refractivity contribution is -0.127. The number of rotatable bonds is 6. The minimum Gasteiger partial charge on any atom is -0.382 e. The molecule has 37 heavy (non-hydrogen) atoms. The average molecular weight is 515 g/mol. The fourth-order valence-corrected chi connectivity index (χ4v) is 5.98. The van der Waals surface area contributed by atoms with E-state index in [-0.39, 0.29) is 17.9 Å². The van der Waals surface area contributed by atoms with Crippen LogP contribution in [0.1, 0.15) is 65.3 Å². The maximum atomic E-state index is 13.1. The Morgan fingerprint density at radius 3 is 2.81 bits per heavy atom. The van der Waals surface area contributed by atoms with E-state index < -0.39 is 0 Å². The van der Waals surface area contributed by atoms with E-state index in [1.165, 1.54) is 23.0 Å². The summed E-state index contributed by atoms with van der Waals surface area (Å²) in [5.41, 5.74) is 10.8. The fraction of sp³-hybridized carbons (Fsp3) is 0.286. The summed E-state index contributed by atoms with van der Waals surface area (Å²) in [4.78, 5) is 37.9. The van der Waals surface area contributed by atoms with Crippen LogP contribution < -0.4 is 11.1 Å². The topological polar surface area (TPSA) is 106 Å². The molecule has 0 unspecified atom stereocenters. The van der Waals surface area contributed by atoms with Gasteiger partial charge in [0.05, 0.1) is 15.8 Å². The van der Waals surface area contributed by atoms with Gasteiger partial charge in [0, 0.05) is 24.6 Å². The molecule has 0 radical (unpaired) electrons. The number of hydrogen-bond acceptors (Lipinski definition) is 6. The largest absolute Gasteiger partial charge is 0.382 e. The number of carbonyl (C=O) groups is 2. The van der Waals surface area contributed by atoms with Crippen molar-refractivity contribution in [3.63, 3.8) is 0 Å². The Balaban J connectivity index is 1.48. The number of aryl methyl sites for hydroxylation is 1. The SMILES string of the molecule is C=CC(=O)N1CCC[C@H]1c1nc(-c2ccc(C(=O)Nc3ccc(C(C)C)c(C)c3)s2)c2c(N)nccn12. The van der Waals surface area contributed by atoms with Crippen molar-refractivity contribution in [1.29, 1.82) is 0 Å². The van der Waals surface area contributed by atoms with Gasteiger partial charge in [0.15, 0.2) is 0 Å². The number of amides is 2. The molecule has 1 fully saturated rings. The predicted octanol–water partition coefficient (Wildman–Crippen LogP) is 5.57. The summed E-state index contributed by atoms with van der Waals surface area (Å²) in [5.74, 6) is 1.20. The molecule has 1 saturated heterocycles. The summed E-state index contributed by atoms with van der Waals surface area (Å²) in [7, 11) is 0. The second-order valence-corrected chi connectivity index (χ2v) is 10.7. The van der Waals surface area contributed by atoms with E-state index in [0.717, 1.165) is 34.8 Å². The first-order chi connectivity index (χ1) is 17.8. The monoisotopic (exact) mass is 514 g/mol. The molecule has 0 bridgehead atoms. The van der Waals surface area contributed by atoms with Gasteiger partial charge in [-0.2, -0.15) is 0 Å². The maximum absolute atomic E-state index is 13.1. The normalized spacial score (nSPS) is 15.5. The number of fused-ring (bicyclic) bond motifs is 1. The summed E-state index contributed by atoms with van der Waals surface area (Å²) in [6.45, 7) is 10.7. The molecule has 190 valence electrons. The molecule has 9 heteroatoms. The molecule has 3 aromatic heterocycles. The molecule has 1 aromatic carbocycles. The van der Waals surface area contributed by atoms with Crippen molar-refractivity contribution >= 4 is 40.2 Å². The van der Waals surface area contributed by atoms with Crippen LogP contribution in [0.2, 0.25) is 0 Å². The van der Waals surface area contributed by atoms with Crippen LogP contribution in [-0.2, 0) is 4.79 Å². The van der Waals surface area contributed by atoms with Gasteiger partial charge in [-0.15, -0.1) is 11.3 Å². The van der Waals surface area contributed by atoms with Crippen molar-refractivity contribution in [2.45, 2.75) is 45.6 Å². The van der Waals surface area contributed by atoms with Crippen molar-refractivity contribution in [1.82, 2.24) is 19.3 Å². The van der Waals surface area contributed by atoms with Crippen LogP contribution in [-0.4, -0.2) is 37.6 Å². The molecule has 4 aromatic rings. The van der Waals surface area contributed by atoms with Crippen LogP contribution in [0.4, 0.5) is 11.5 Å². The lowest BCUT2D eigenvalue weighted by Crippen LogP contribution is -2.29. The van der Waals surface area contributed by atoms with E-state index in [1.807, 2.05) is 28.8 Å². The van der Waals surface area contributed by atoms with Crippen LogP contribution in [0.3, 0.4) is 0 Å². The third-order valence-electron chi connectivity index (χ3n) is 6.83. The zero-order chi connectivity index (χ0) is 26.3. The van der Waals surface area contributed by atoms with Gasteiger partial charge in [-0.05, 0) is 67.2 Å². The lowest BCUT2D eigenvalue weighted by atomic mass is 9.98. The number of nitrogens with zero attached hydrogens (tertiary/aromatic N) is 4. The molecule has 1 atom stereocenters. The van der Waals surface area contributed by atoms with E-state index in [1.54, 1.807) is 17.2 Å². The molecule has 1 aliphatic heterocycles. The Morgan fingerprint density at radius 2 is 2.08 bits per heavy atom. The van der Waals surface area contributed by atoms with Crippen molar-refractivity contribution in [3.05, 3.63) is 77.2 Å². The van der Waals surface area contributed by atoms with Gasteiger partial charge in [-0.25, -0.2) is 9.97 Å². The van der Waals surface area contributed by atoms with Gasteiger partial charge < -0.3 is 16.0 Å². The number of thiophene rings is 1. The predicted molar refractivity (Wildman–Crippen MR) is 148 cm³/mol. The van der Waals surface area contributed by atoms with Gasteiger partial charge in [0.25, 0.3) is 5.91 Å². The highest BCUT2D eigenvalue weighted by atomic mass is 32.1. The van der Waals surface area contributed by atoms with Crippen LogP contribution in [0.5, 0.6) is 0 Å². The highest BCUT2D eigenvalue weighted by Gasteiger charge is 2.33. The van der Waals surface area contributed by atoms with Crippen LogP contribution in [0.15, 0.2) is 55.4 Å².